The van der Waals surface area contributed by atoms with Crippen LogP contribution in [0.4, 0.5) is 0 Å². The highest BCUT2D eigenvalue weighted by molar-refractivity contribution is 5.88. The van der Waals surface area contributed by atoms with Gasteiger partial charge >= 0.3 is 0 Å². The third-order valence-corrected chi connectivity index (χ3v) is 3.45. The molecule has 0 spiro atoms. The largest absolute Gasteiger partial charge is 0.244 e. The highest BCUT2D eigenvalue weighted by atomic mass is 14.8. The van der Waals surface area contributed by atoms with E-state index in [1.807, 2.05) is 24.3 Å². The molecule has 0 atom stereocenters. The SMILES string of the molecule is CCc1ccc2nc3ccccc3nc2c1CC. The van der Waals surface area contributed by atoms with Crippen LogP contribution in [0.1, 0.15) is 25.0 Å². The molecule has 1 aromatic heterocycles. The van der Waals surface area contributed by atoms with Crippen LogP contribution in [0.15, 0.2) is 36.4 Å². The lowest BCUT2D eigenvalue weighted by Crippen LogP contribution is -1.97. The van der Waals surface area contributed by atoms with E-state index in [0.29, 0.717) is 0 Å². The molecule has 18 heavy (non-hydrogen) atoms. The lowest BCUT2D eigenvalue weighted by Gasteiger charge is -2.09. The predicted molar refractivity (Wildman–Crippen MR) is 75.8 cm³/mol. The summed E-state index contributed by atoms with van der Waals surface area (Å²) in [5, 5.41) is 0. The number of hydrogen-bond acceptors (Lipinski definition) is 2. The molecule has 0 fully saturated rings. The molecule has 0 amide bonds. The summed E-state index contributed by atoms with van der Waals surface area (Å²) < 4.78 is 0. The Kier molecular flexibility index (Phi) is 2.71. The molecule has 0 saturated heterocycles. The summed E-state index contributed by atoms with van der Waals surface area (Å²) in [5.41, 5.74) is 6.74. The average molecular weight is 236 g/mol. The van der Waals surface area contributed by atoms with Crippen molar-refractivity contribution >= 4 is 22.1 Å². The van der Waals surface area contributed by atoms with Gasteiger partial charge in [0.05, 0.1) is 22.1 Å². The van der Waals surface area contributed by atoms with E-state index in [1.54, 1.807) is 0 Å². The zero-order valence-electron chi connectivity index (χ0n) is 10.8. The first-order valence-corrected chi connectivity index (χ1v) is 6.50. The molecule has 0 aliphatic rings. The minimum absolute atomic E-state index is 0.969. The monoisotopic (exact) mass is 236 g/mol. The van der Waals surface area contributed by atoms with E-state index in [1.165, 1.54) is 11.1 Å². The third kappa shape index (κ3) is 1.65. The van der Waals surface area contributed by atoms with Gasteiger partial charge in [-0.15, -0.1) is 0 Å². The van der Waals surface area contributed by atoms with Crippen molar-refractivity contribution in [1.82, 2.24) is 9.97 Å². The predicted octanol–water partition coefficient (Wildman–Crippen LogP) is 3.91. The molecule has 90 valence electrons. The van der Waals surface area contributed by atoms with Crippen LogP contribution in [0, 0.1) is 0 Å². The molecule has 0 unspecified atom stereocenters. The van der Waals surface area contributed by atoms with Gasteiger partial charge in [0.2, 0.25) is 0 Å². The van der Waals surface area contributed by atoms with Crippen molar-refractivity contribution < 1.29 is 0 Å². The first-order valence-electron chi connectivity index (χ1n) is 6.50. The van der Waals surface area contributed by atoms with E-state index in [4.69, 9.17) is 9.97 Å². The van der Waals surface area contributed by atoms with Gasteiger partial charge in [-0.05, 0) is 42.2 Å². The third-order valence-electron chi connectivity index (χ3n) is 3.45. The van der Waals surface area contributed by atoms with Crippen molar-refractivity contribution in [2.75, 3.05) is 0 Å². The molecule has 0 radical (unpaired) electrons. The maximum Gasteiger partial charge on any atom is 0.0929 e. The number of aromatic nitrogens is 2. The summed E-state index contributed by atoms with van der Waals surface area (Å²) in [5.74, 6) is 0. The van der Waals surface area contributed by atoms with Crippen molar-refractivity contribution in [2.24, 2.45) is 0 Å². The molecule has 0 aliphatic carbocycles. The van der Waals surface area contributed by atoms with E-state index in [0.717, 1.165) is 34.9 Å². The lowest BCUT2D eigenvalue weighted by molar-refractivity contribution is 1.04. The van der Waals surface area contributed by atoms with E-state index in [2.05, 4.69) is 26.0 Å². The molecule has 0 bridgehead atoms. The van der Waals surface area contributed by atoms with Crippen LogP contribution in [0.3, 0.4) is 0 Å². The molecule has 2 heteroatoms. The van der Waals surface area contributed by atoms with Gasteiger partial charge in [-0.3, -0.25) is 0 Å². The number of rotatable bonds is 2. The highest BCUT2D eigenvalue weighted by Crippen LogP contribution is 2.23. The van der Waals surface area contributed by atoms with Crippen LogP contribution in [0.5, 0.6) is 0 Å². The number of hydrogen-bond donors (Lipinski definition) is 0. The number of nitrogens with zero attached hydrogens (tertiary/aromatic N) is 2. The van der Waals surface area contributed by atoms with Crippen LogP contribution >= 0.6 is 0 Å². The molecule has 0 N–H and O–H groups in total. The maximum atomic E-state index is 4.79. The minimum Gasteiger partial charge on any atom is -0.244 e. The van der Waals surface area contributed by atoms with Crippen LogP contribution < -0.4 is 0 Å². The second-order valence-corrected chi connectivity index (χ2v) is 4.49. The van der Waals surface area contributed by atoms with Crippen molar-refractivity contribution in [3.63, 3.8) is 0 Å². The van der Waals surface area contributed by atoms with Crippen molar-refractivity contribution in [1.29, 1.82) is 0 Å². The van der Waals surface area contributed by atoms with Gasteiger partial charge in [0.25, 0.3) is 0 Å². The second kappa shape index (κ2) is 4.37. The summed E-state index contributed by atoms with van der Waals surface area (Å²) in [4.78, 5) is 9.49. The zero-order valence-corrected chi connectivity index (χ0v) is 10.8. The van der Waals surface area contributed by atoms with E-state index >= 15 is 0 Å². The smallest absolute Gasteiger partial charge is 0.0929 e. The Balaban J connectivity index is 2.42. The Morgan fingerprint density at radius 2 is 1.50 bits per heavy atom. The summed E-state index contributed by atoms with van der Waals surface area (Å²) in [6, 6.07) is 12.3. The van der Waals surface area contributed by atoms with Crippen LogP contribution in [-0.4, -0.2) is 9.97 Å². The molecule has 0 aliphatic heterocycles. The van der Waals surface area contributed by atoms with E-state index < -0.39 is 0 Å². The Bertz CT molecular complexity index is 717. The minimum atomic E-state index is 0.969. The molecule has 1 heterocycles. The number of benzene rings is 2. The first-order chi connectivity index (χ1) is 8.83. The fourth-order valence-corrected chi connectivity index (χ4v) is 2.51. The number of para-hydroxylation sites is 2. The van der Waals surface area contributed by atoms with Gasteiger partial charge in [-0.25, -0.2) is 9.97 Å². The summed E-state index contributed by atoms with van der Waals surface area (Å²) in [6.07, 6.45) is 2.06. The molecule has 2 nitrogen and oxygen atoms in total. The molecule has 3 rings (SSSR count). The lowest BCUT2D eigenvalue weighted by atomic mass is 10.0. The summed E-state index contributed by atoms with van der Waals surface area (Å²) >= 11 is 0. The van der Waals surface area contributed by atoms with Gasteiger partial charge in [-0.1, -0.05) is 32.0 Å². The van der Waals surface area contributed by atoms with E-state index in [9.17, 15) is 0 Å². The molecule has 3 aromatic rings. The average Bonchev–Trinajstić information content (AvgIpc) is 2.43. The zero-order chi connectivity index (χ0) is 12.5. The van der Waals surface area contributed by atoms with Crippen LogP contribution in [0.2, 0.25) is 0 Å². The van der Waals surface area contributed by atoms with Crippen LogP contribution in [-0.2, 0) is 12.8 Å². The molecular formula is C16H16N2. The second-order valence-electron chi connectivity index (χ2n) is 4.49. The van der Waals surface area contributed by atoms with E-state index in [-0.39, 0.29) is 0 Å². The van der Waals surface area contributed by atoms with Gasteiger partial charge in [-0.2, -0.15) is 0 Å². The Morgan fingerprint density at radius 1 is 0.778 bits per heavy atom. The normalized spacial score (nSPS) is 11.2. The topological polar surface area (TPSA) is 25.8 Å². The molecule has 2 aromatic carbocycles. The van der Waals surface area contributed by atoms with Crippen molar-refractivity contribution in [3.05, 3.63) is 47.5 Å². The van der Waals surface area contributed by atoms with Gasteiger partial charge in [0.15, 0.2) is 0 Å². The first kappa shape index (κ1) is 11.1. The Labute approximate surface area is 107 Å². The highest BCUT2D eigenvalue weighted by Gasteiger charge is 2.08. The van der Waals surface area contributed by atoms with Gasteiger partial charge in [0, 0.05) is 0 Å². The number of fused-ring (bicyclic) bond motifs is 2. The number of aryl methyl sites for hydroxylation is 2. The summed E-state index contributed by atoms with van der Waals surface area (Å²) in [7, 11) is 0. The Morgan fingerprint density at radius 3 is 2.17 bits per heavy atom. The van der Waals surface area contributed by atoms with Crippen LogP contribution in [0.25, 0.3) is 22.1 Å². The van der Waals surface area contributed by atoms with Crippen molar-refractivity contribution in [3.8, 4) is 0 Å². The van der Waals surface area contributed by atoms with Gasteiger partial charge in [0.1, 0.15) is 0 Å². The fraction of sp³-hybridized carbons (Fsp3) is 0.250. The molecular weight excluding hydrogens is 220 g/mol. The summed E-state index contributed by atoms with van der Waals surface area (Å²) in [6.45, 7) is 4.37. The Hall–Kier alpha value is -1.96. The molecule has 0 saturated carbocycles. The van der Waals surface area contributed by atoms with Crippen molar-refractivity contribution in [2.45, 2.75) is 26.7 Å². The van der Waals surface area contributed by atoms with Gasteiger partial charge < -0.3 is 0 Å². The fourth-order valence-electron chi connectivity index (χ4n) is 2.51. The maximum absolute atomic E-state index is 4.79. The standard InChI is InChI=1S/C16H16N2/c1-3-11-9-10-15-16(12(11)4-2)18-14-8-6-5-7-13(14)17-15/h5-10H,3-4H2,1-2H3. The quantitative estimate of drug-likeness (QED) is 0.630.